The number of rotatable bonds is 2. The molecule has 1 aromatic heterocycles. The summed E-state index contributed by atoms with van der Waals surface area (Å²) in [6.07, 6.45) is 0.508. The van der Waals surface area contributed by atoms with Gasteiger partial charge in [0.25, 0.3) is 11.8 Å². The molecule has 1 fully saturated rings. The second kappa shape index (κ2) is 5.31. The van der Waals surface area contributed by atoms with E-state index in [0.717, 1.165) is 4.90 Å². The van der Waals surface area contributed by atoms with Gasteiger partial charge < -0.3 is 5.32 Å². The van der Waals surface area contributed by atoms with Gasteiger partial charge in [0.2, 0.25) is 5.91 Å². The standard InChI is InChI=1S/C11H11ClN4O3/c1-16-9(17)5-3-7(11(16)19)13-10(18)6-2-4-8(12)15-14-6/h2,4,7H,3,5H2,1H3,(H,13,18). The highest BCUT2D eigenvalue weighted by molar-refractivity contribution is 6.29. The number of imide groups is 1. The quantitative estimate of drug-likeness (QED) is 0.771. The largest absolute Gasteiger partial charge is 0.339 e. The van der Waals surface area contributed by atoms with Gasteiger partial charge in [-0.1, -0.05) is 11.6 Å². The molecule has 1 aromatic rings. The lowest BCUT2D eigenvalue weighted by molar-refractivity contribution is -0.147. The molecule has 1 aliphatic heterocycles. The molecule has 1 saturated heterocycles. The van der Waals surface area contributed by atoms with E-state index in [1.54, 1.807) is 0 Å². The van der Waals surface area contributed by atoms with Crippen molar-refractivity contribution in [3.05, 3.63) is 23.0 Å². The summed E-state index contributed by atoms with van der Waals surface area (Å²) in [6, 6.07) is 2.13. The van der Waals surface area contributed by atoms with Crippen LogP contribution in [0.15, 0.2) is 12.1 Å². The van der Waals surface area contributed by atoms with Crippen LogP contribution in [-0.2, 0) is 9.59 Å². The van der Waals surface area contributed by atoms with E-state index < -0.39 is 17.9 Å². The Bertz CT molecular complexity index is 531. The van der Waals surface area contributed by atoms with E-state index in [1.807, 2.05) is 0 Å². The smallest absolute Gasteiger partial charge is 0.272 e. The molecular weight excluding hydrogens is 272 g/mol. The van der Waals surface area contributed by atoms with E-state index in [4.69, 9.17) is 11.6 Å². The molecular formula is C11H11ClN4O3. The molecule has 0 aliphatic carbocycles. The Morgan fingerprint density at radius 2 is 2.16 bits per heavy atom. The molecule has 1 unspecified atom stereocenters. The molecule has 8 heteroatoms. The molecule has 1 N–H and O–H groups in total. The van der Waals surface area contributed by atoms with Gasteiger partial charge in [-0.05, 0) is 18.6 Å². The molecule has 2 heterocycles. The molecule has 0 aromatic carbocycles. The van der Waals surface area contributed by atoms with Crippen molar-refractivity contribution in [3.8, 4) is 0 Å². The lowest BCUT2D eigenvalue weighted by Crippen LogP contribution is -2.53. The lowest BCUT2D eigenvalue weighted by atomic mass is 10.0. The number of likely N-dealkylation sites (tertiary alicyclic amines) is 1. The van der Waals surface area contributed by atoms with Gasteiger partial charge in [-0.25, -0.2) is 0 Å². The summed E-state index contributed by atoms with van der Waals surface area (Å²) in [4.78, 5) is 35.9. The molecule has 2 rings (SSSR count). The molecule has 1 aliphatic rings. The third-order valence-electron chi connectivity index (χ3n) is 2.82. The first kappa shape index (κ1) is 13.4. The van der Waals surface area contributed by atoms with Crippen LogP contribution in [0.3, 0.4) is 0 Å². The first-order chi connectivity index (χ1) is 8.99. The number of halogens is 1. The zero-order valence-corrected chi connectivity index (χ0v) is 10.8. The zero-order chi connectivity index (χ0) is 14.0. The molecule has 1 atom stereocenters. The highest BCUT2D eigenvalue weighted by Gasteiger charge is 2.33. The summed E-state index contributed by atoms with van der Waals surface area (Å²) in [5.41, 5.74) is 0.0664. The second-order valence-electron chi connectivity index (χ2n) is 4.10. The Balaban J connectivity index is 2.05. The monoisotopic (exact) mass is 282 g/mol. The Morgan fingerprint density at radius 3 is 2.79 bits per heavy atom. The SMILES string of the molecule is CN1C(=O)CCC(NC(=O)c2ccc(Cl)nn2)C1=O. The summed E-state index contributed by atoms with van der Waals surface area (Å²) >= 11 is 5.56. The van der Waals surface area contributed by atoms with E-state index in [9.17, 15) is 14.4 Å². The predicted molar refractivity (Wildman–Crippen MR) is 65.3 cm³/mol. The van der Waals surface area contributed by atoms with Crippen LogP contribution in [0.4, 0.5) is 0 Å². The maximum atomic E-state index is 11.8. The average molecular weight is 283 g/mol. The fraction of sp³-hybridized carbons (Fsp3) is 0.364. The molecule has 0 spiro atoms. The number of nitrogens with one attached hydrogen (secondary N) is 1. The van der Waals surface area contributed by atoms with E-state index in [1.165, 1.54) is 19.2 Å². The minimum Gasteiger partial charge on any atom is -0.339 e. The highest BCUT2D eigenvalue weighted by atomic mass is 35.5. The van der Waals surface area contributed by atoms with Crippen LogP contribution in [0.1, 0.15) is 23.3 Å². The number of nitrogens with zero attached hydrogens (tertiary/aromatic N) is 3. The van der Waals surface area contributed by atoms with Crippen LogP contribution in [-0.4, -0.2) is 45.9 Å². The molecule has 3 amide bonds. The fourth-order valence-corrected chi connectivity index (χ4v) is 1.82. The van der Waals surface area contributed by atoms with Crippen molar-refractivity contribution in [2.45, 2.75) is 18.9 Å². The number of carbonyl (C=O) groups excluding carboxylic acids is 3. The number of likely N-dealkylation sites (N-methyl/N-ethyl adjacent to an activating group) is 1. The Morgan fingerprint density at radius 1 is 1.42 bits per heavy atom. The van der Waals surface area contributed by atoms with Gasteiger partial charge >= 0.3 is 0 Å². The van der Waals surface area contributed by atoms with Crippen LogP contribution in [0.2, 0.25) is 5.15 Å². The van der Waals surface area contributed by atoms with E-state index in [-0.39, 0.29) is 29.6 Å². The Kier molecular flexibility index (Phi) is 3.75. The van der Waals surface area contributed by atoms with Crippen LogP contribution in [0, 0.1) is 0 Å². The summed E-state index contributed by atoms with van der Waals surface area (Å²) in [5.74, 6) is -1.20. The summed E-state index contributed by atoms with van der Waals surface area (Å²) in [5, 5.41) is 9.87. The summed E-state index contributed by atoms with van der Waals surface area (Å²) in [6.45, 7) is 0. The zero-order valence-electron chi connectivity index (χ0n) is 10.1. The fourth-order valence-electron chi connectivity index (χ4n) is 1.72. The molecule has 100 valence electrons. The predicted octanol–water partition coefficient (Wildman–Crippen LogP) is 0.00720. The minimum atomic E-state index is -0.715. The van der Waals surface area contributed by atoms with Gasteiger partial charge in [-0.2, -0.15) is 0 Å². The Labute approximate surface area is 113 Å². The summed E-state index contributed by atoms with van der Waals surface area (Å²) < 4.78 is 0. The topological polar surface area (TPSA) is 92.3 Å². The van der Waals surface area contributed by atoms with Crippen LogP contribution in [0.25, 0.3) is 0 Å². The minimum absolute atomic E-state index is 0.0664. The van der Waals surface area contributed by atoms with Gasteiger partial charge in [0.15, 0.2) is 10.8 Å². The van der Waals surface area contributed by atoms with E-state index >= 15 is 0 Å². The first-order valence-electron chi connectivity index (χ1n) is 5.59. The van der Waals surface area contributed by atoms with Crippen molar-refractivity contribution in [1.29, 1.82) is 0 Å². The van der Waals surface area contributed by atoms with Gasteiger partial charge in [0.05, 0.1) is 0 Å². The van der Waals surface area contributed by atoms with Crippen molar-refractivity contribution in [2.75, 3.05) is 7.05 Å². The van der Waals surface area contributed by atoms with Gasteiger partial charge in [-0.15, -0.1) is 10.2 Å². The van der Waals surface area contributed by atoms with Crippen LogP contribution in [0.5, 0.6) is 0 Å². The number of piperidine rings is 1. The van der Waals surface area contributed by atoms with Gasteiger partial charge in [-0.3, -0.25) is 19.3 Å². The number of carbonyl (C=O) groups is 3. The van der Waals surface area contributed by atoms with Crippen molar-refractivity contribution in [1.82, 2.24) is 20.4 Å². The van der Waals surface area contributed by atoms with Crippen molar-refractivity contribution in [2.24, 2.45) is 0 Å². The normalized spacial score (nSPS) is 19.5. The maximum Gasteiger partial charge on any atom is 0.272 e. The first-order valence-corrected chi connectivity index (χ1v) is 5.97. The number of hydrogen-bond acceptors (Lipinski definition) is 5. The molecule has 0 bridgehead atoms. The molecule has 0 radical (unpaired) electrons. The highest BCUT2D eigenvalue weighted by Crippen LogP contribution is 2.12. The third-order valence-corrected chi connectivity index (χ3v) is 3.02. The number of amides is 3. The molecule has 19 heavy (non-hydrogen) atoms. The summed E-state index contributed by atoms with van der Waals surface area (Å²) in [7, 11) is 1.39. The molecule has 0 saturated carbocycles. The third kappa shape index (κ3) is 2.87. The second-order valence-corrected chi connectivity index (χ2v) is 4.48. The van der Waals surface area contributed by atoms with E-state index in [2.05, 4.69) is 15.5 Å². The molecule has 7 nitrogen and oxygen atoms in total. The van der Waals surface area contributed by atoms with Crippen molar-refractivity contribution < 1.29 is 14.4 Å². The van der Waals surface area contributed by atoms with Crippen LogP contribution >= 0.6 is 11.6 Å². The van der Waals surface area contributed by atoms with Crippen molar-refractivity contribution >= 4 is 29.3 Å². The number of aromatic nitrogens is 2. The lowest BCUT2D eigenvalue weighted by Gasteiger charge is -2.27. The maximum absolute atomic E-state index is 11.8. The van der Waals surface area contributed by atoms with Crippen LogP contribution < -0.4 is 5.32 Å². The average Bonchev–Trinajstić information content (AvgIpc) is 2.40. The number of hydrogen-bond donors (Lipinski definition) is 1. The van der Waals surface area contributed by atoms with E-state index in [0.29, 0.717) is 0 Å². The van der Waals surface area contributed by atoms with Gasteiger partial charge in [0.1, 0.15) is 6.04 Å². The van der Waals surface area contributed by atoms with Gasteiger partial charge in [0, 0.05) is 13.5 Å². The van der Waals surface area contributed by atoms with Crippen molar-refractivity contribution in [3.63, 3.8) is 0 Å². The Hall–Kier alpha value is -2.02.